The standard InChI is InChI=1S/C16H25NO/c1-12(2)16(18)11-17(13(3)4)14(5)15-9-7-6-8-10-15/h6-10,12-14H,11H2,1-5H3. The number of carbonyl (C=O) groups is 1. The van der Waals surface area contributed by atoms with E-state index in [1.165, 1.54) is 5.56 Å². The highest BCUT2D eigenvalue weighted by Gasteiger charge is 2.22. The zero-order valence-electron chi connectivity index (χ0n) is 12.2. The number of hydrogen-bond donors (Lipinski definition) is 0. The quantitative estimate of drug-likeness (QED) is 0.764. The Bertz CT molecular complexity index is 370. The fourth-order valence-electron chi connectivity index (χ4n) is 2.05. The first-order chi connectivity index (χ1) is 8.43. The van der Waals surface area contributed by atoms with Crippen LogP contribution in [0.15, 0.2) is 30.3 Å². The van der Waals surface area contributed by atoms with E-state index in [1.807, 2.05) is 19.9 Å². The summed E-state index contributed by atoms with van der Waals surface area (Å²) < 4.78 is 0. The maximum absolute atomic E-state index is 12.0. The summed E-state index contributed by atoms with van der Waals surface area (Å²) in [5.74, 6) is 0.417. The van der Waals surface area contributed by atoms with E-state index in [4.69, 9.17) is 0 Å². The maximum Gasteiger partial charge on any atom is 0.149 e. The molecule has 100 valence electrons. The molecule has 0 N–H and O–H groups in total. The summed E-state index contributed by atoms with van der Waals surface area (Å²) in [5, 5.41) is 0. The normalized spacial score (nSPS) is 13.3. The molecule has 0 saturated carbocycles. The molecule has 1 rings (SSSR count). The lowest BCUT2D eigenvalue weighted by atomic mass is 10.0. The predicted octanol–water partition coefficient (Wildman–Crippen LogP) is 3.68. The molecule has 0 aliphatic rings. The van der Waals surface area contributed by atoms with Crippen molar-refractivity contribution in [1.29, 1.82) is 0 Å². The van der Waals surface area contributed by atoms with Gasteiger partial charge in [-0.25, -0.2) is 0 Å². The third-order valence-electron chi connectivity index (χ3n) is 3.43. The van der Waals surface area contributed by atoms with Crippen molar-refractivity contribution in [1.82, 2.24) is 4.90 Å². The Morgan fingerprint density at radius 2 is 1.61 bits per heavy atom. The predicted molar refractivity (Wildman–Crippen MR) is 76.5 cm³/mol. The molecule has 18 heavy (non-hydrogen) atoms. The molecule has 0 aliphatic heterocycles. The molecule has 0 heterocycles. The molecule has 0 bridgehead atoms. The zero-order valence-corrected chi connectivity index (χ0v) is 12.2. The summed E-state index contributed by atoms with van der Waals surface area (Å²) in [6, 6.07) is 11.0. The van der Waals surface area contributed by atoms with Crippen LogP contribution in [0.2, 0.25) is 0 Å². The minimum atomic E-state index is 0.106. The third-order valence-corrected chi connectivity index (χ3v) is 3.43. The molecule has 1 aromatic carbocycles. The molecule has 1 aromatic rings. The van der Waals surface area contributed by atoms with Gasteiger partial charge in [0, 0.05) is 18.0 Å². The van der Waals surface area contributed by atoms with Gasteiger partial charge in [0.15, 0.2) is 0 Å². The van der Waals surface area contributed by atoms with Gasteiger partial charge in [-0.2, -0.15) is 0 Å². The minimum absolute atomic E-state index is 0.106. The van der Waals surface area contributed by atoms with E-state index in [1.54, 1.807) is 0 Å². The van der Waals surface area contributed by atoms with Crippen molar-refractivity contribution in [2.24, 2.45) is 5.92 Å². The van der Waals surface area contributed by atoms with Crippen LogP contribution in [0.25, 0.3) is 0 Å². The number of rotatable bonds is 6. The Kier molecular flexibility index (Phi) is 5.54. The Morgan fingerprint density at radius 3 is 2.06 bits per heavy atom. The molecule has 0 radical (unpaired) electrons. The van der Waals surface area contributed by atoms with Gasteiger partial charge < -0.3 is 0 Å². The SMILES string of the molecule is CC(C)C(=O)CN(C(C)C)C(C)c1ccccc1. The van der Waals surface area contributed by atoms with Crippen LogP contribution in [0.1, 0.15) is 46.2 Å². The molecule has 0 aromatic heterocycles. The minimum Gasteiger partial charge on any atom is -0.298 e. The smallest absolute Gasteiger partial charge is 0.149 e. The average molecular weight is 247 g/mol. The van der Waals surface area contributed by atoms with E-state index in [0.29, 0.717) is 18.4 Å². The highest BCUT2D eigenvalue weighted by atomic mass is 16.1. The van der Waals surface area contributed by atoms with Crippen molar-refractivity contribution >= 4 is 5.78 Å². The fraction of sp³-hybridized carbons (Fsp3) is 0.562. The first kappa shape index (κ1) is 14.9. The van der Waals surface area contributed by atoms with E-state index in [-0.39, 0.29) is 12.0 Å². The van der Waals surface area contributed by atoms with E-state index in [2.05, 4.69) is 49.9 Å². The molecule has 1 unspecified atom stereocenters. The van der Waals surface area contributed by atoms with Gasteiger partial charge in [0.05, 0.1) is 6.54 Å². The van der Waals surface area contributed by atoms with Crippen molar-refractivity contribution in [3.05, 3.63) is 35.9 Å². The van der Waals surface area contributed by atoms with Gasteiger partial charge in [-0.3, -0.25) is 9.69 Å². The van der Waals surface area contributed by atoms with Crippen LogP contribution < -0.4 is 0 Å². The zero-order chi connectivity index (χ0) is 13.7. The largest absolute Gasteiger partial charge is 0.298 e. The molecule has 0 fully saturated rings. The van der Waals surface area contributed by atoms with E-state index in [9.17, 15) is 4.79 Å². The molecule has 0 saturated heterocycles. The highest BCUT2D eigenvalue weighted by molar-refractivity contribution is 5.82. The Labute approximate surface area is 111 Å². The molecule has 1 atom stereocenters. The van der Waals surface area contributed by atoms with Crippen LogP contribution in [0, 0.1) is 5.92 Å². The molecule has 0 aliphatic carbocycles. The molecular formula is C16H25NO. The Hall–Kier alpha value is -1.15. The topological polar surface area (TPSA) is 20.3 Å². The fourth-order valence-corrected chi connectivity index (χ4v) is 2.05. The molecule has 0 amide bonds. The van der Waals surface area contributed by atoms with Gasteiger partial charge in [-0.05, 0) is 26.3 Å². The molecule has 2 heteroatoms. The van der Waals surface area contributed by atoms with Crippen LogP contribution >= 0.6 is 0 Å². The summed E-state index contributed by atoms with van der Waals surface area (Å²) in [6.45, 7) is 10.9. The summed E-state index contributed by atoms with van der Waals surface area (Å²) in [5.41, 5.74) is 1.27. The first-order valence-electron chi connectivity index (χ1n) is 6.77. The highest BCUT2D eigenvalue weighted by Crippen LogP contribution is 2.22. The summed E-state index contributed by atoms with van der Waals surface area (Å²) in [7, 11) is 0. The first-order valence-corrected chi connectivity index (χ1v) is 6.77. The van der Waals surface area contributed by atoms with E-state index in [0.717, 1.165) is 0 Å². The van der Waals surface area contributed by atoms with Crippen LogP contribution in [-0.2, 0) is 4.79 Å². The lowest BCUT2D eigenvalue weighted by molar-refractivity contribution is -0.124. The number of benzene rings is 1. The number of nitrogens with zero attached hydrogens (tertiary/aromatic N) is 1. The number of hydrogen-bond acceptors (Lipinski definition) is 2. The summed E-state index contributed by atoms with van der Waals surface area (Å²) in [4.78, 5) is 14.2. The van der Waals surface area contributed by atoms with Crippen molar-refractivity contribution in [2.75, 3.05) is 6.54 Å². The number of carbonyl (C=O) groups excluding carboxylic acids is 1. The van der Waals surface area contributed by atoms with Crippen LogP contribution in [0.5, 0.6) is 0 Å². The molecule has 2 nitrogen and oxygen atoms in total. The summed E-state index contributed by atoms with van der Waals surface area (Å²) in [6.07, 6.45) is 0. The van der Waals surface area contributed by atoms with Gasteiger partial charge in [-0.1, -0.05) is 44.2 Å². The number of Topliss-reactive ketones (excluding diaryl/α,β-unsaturated/α-hetero) is 1. The van der Waals surface area contributed by atoms with Gasteiger partial charge in [0.25, 0.3) is 0 Å². The lowest BCUT2D eigenvalue weighted by Gasteiger charge is -2.33. The van der Waals surface area contributed by atoms with Crippen LogP contribution in [-0.4, -0.2) is 23.3 Å². The second-order valence-electron chi connectivity index (χ2n) is 5.47. The van der Waals surface area contributed by atoms with E-state index >= 15 is 0 Å². The maximum atomic E-state index is 12.0. The van der Waals surface area contributed by atoms with Gasteiger partial charge in [0.2, 0.25) is 0 Å². The Morgan fingerprint density at radius 1 is 1.06 bits per heavy atom. The Balaban J connectivity index is 2.82. The molecule has 0 spiro atoms. The average Bonchev–Trinajstić information content (AvgIpc) is 2.35. The van der Waals surface area contributed by atoms with Crippen LogP contribution in [0.3, 0.4) is 0 Å². The summed E-state index contributed by atoms with van der Waals surface area (Å²) >= 11 is 0. The van der Waals surface area contributed by atoms with Crippen LogP contribution in [0.4, 0.5) is 0 Å². The van der Waals surface area contributed by atoms with Gasteiger partial charge in [-0.15, -0.1) is 0 Å². The monoisotopic (exact) mass is 247 g/mol. The third kappa shape index (κ3) is 3.95. The van der Waals surface area contributed by atoms with Crippen molar-refractivity contribution in [3.63, 3.8) is 0 Å². The second kappa shape index (κ2) is 6.69. The van der Waals surface area contributed by atoms with Crippen molar-refractivity contribution in [3.8, 4) is 0 Å². The second-order valence-corrected chi connectivity index (χ2v) is 5.47. The van der Waals surface area contributed by atoms with Crippen molar-refractivity contribution < 1.29 is 4.79 Å². The van der Waals surface area contributed by atoms with E-state index < -0.39 is 0 Å². The number of ketones is 1. The van der Waals surface area contributed by atoms with Gasteiger partial charge in [0.1, 0.15) is 5.78 Å². The van der Waals surface area contributed by atoms with Gasteiger partial charge >= 0.3 is 0 Å². The molecular weight excluding hydrogens is 222 g/mol. The van der Waals surface area contributed by atoms with Crippen molar-refractivity contribution in [2.45, 2.75) is 46.7 Å². The lowest BCUT2D eigenvalue weighted by Crippen LogP contribution is -2.39.